The number of nitrogens with one attached hydrogen (secondary N) is 1. The lowest BCUT2D eigenvalue weighted by molar-refractivity contribution is 0.581. The number of hydrogen-bond acceptors (Lipinski definition) is 3. The average molecular weight is 317 g/mol. The van der Waals surface area contributed by atoms with Gasteiger partial charge in [0.15, 0.2) is 0 Å². The summed E-state index contributed by atoms with van der Waals surface area (Å²) in [5.74, 6) is 0. The molecule has 0 spiro atoms. The number of sulfonamides is 1. The van der Waals surface area contributed by atoms with Crippen LogP contribution in [0.25, 0.3) is 0 Å². The van der Waals surface area contributed by atoms with Crippen molar-refractivity contribution >= 4 is 33.2 Å². The van der Waals surface area contributed by atoms with Crippen molar-refractivity contribution < 1.29 is 8.42 Å². The van der Waals surface area contributed by atoms with Crippen LogP contribution in [-0.4, -0.2) is 13.4 Å². The number of rotatable bonds is 4. The second-order valence-electron chi connectivity index (χ2n) is 3.75. The lowest BCUT2D eigenvalue weighted by Crippen LogP contribution is -2.23. The van der Waals surface area contributed by atoms with E-state index in [1.807, 2.05) is 30.3 Å². The molecule has 0 fully saturated rings. The number of pyridine rings is 1. The molecule has 7 heteroatoms. The Kier molecular flexibility index (Phi) is 4.42. The lowest BCUT2D eigenvalue weighted by Gasteiger charge is -2.07. The fraction of sp³-hybridized carbons (Fsp3) is 0.0833. The highest BCUT2D eigenvalue weighted by atomic mass is 35.5. The molecule has 100 valence electrons. The Labute approximate surface area is 121 Å². The second-order valence-corrected chi connectivity index (χ2v) is 6.29. The minimum atomic E-state index is -3.65. The van der Waals surface area contributed by atoms with Crippen molar-refractivity contribution in [2.24, 2.45) is 0 Å². The normalized spacial score (nSPS) is 11.5. The molecule has 0 amide bonds. The second kappa shape index (κ2) is 5.88. The first-order valence-electron chi connectivity index (χ1n) is 5.34. The highest BCUT2D eigenvalue weighted by molar-refractivity contribution is 7.89. The maximum atomic E-state index is 12.0. The summed E-state index contributed by atoms with van der Waals surface area (Å²) in [5.41, 5.74) is 0.860. The largest absolute Gasteiger partial charge is 0.242 e. The first-order valence-corrected chi connectivity index (χ1v) is 7.57. The van der Waals surface area contributed by atoms with Crippen molar-refractivity contribution in [1.29, 1.82) is 0 Å². The highest BCUT2D eigenvalue weighted by Crippen LogP contribution is 2.22. The molecule has 19 heavy (non-hydrogen) atoms. The number of halogens is 2. The summed E-state index contributed by atoms with van der Waals surface area (Å²) >= 11 is 11.4. The zero-order valence-corrected chi connectivity index (χ0v) is 12.0. The van der Waals surface area contributed by atoms with E-state index in [0.717, 1.165) is 5.56 Å². The van der Waals surface area contributed by atoms with Crippen LogP contribution in [-0.2, 0) is 16.6 Å². The van der Waals surface area contributed by atoms with E-state index >= 15 is 0 Å². The van der Waals surface area contributed by atoms with Gasteiger partial charge in [-0.2, -0.15) is 0 Å². The Morgan fingerprint density at radius 1 is 1.16 bits per heavy atom. The SMILES string of the molecule is O=S(=O)(NCc1ccccc1)c1cnc(Cl)c(Cl)c1. The fourth-order valence-corrected chi connectivity index (χ4v) is 2.73. The number of benzene rings is 1. The molecule has 2 aromatic rings. The topological polar surface area (TPSA) is 59.1 Å². The van der Waals surface area contributed by atoms with Gasteiger partial charge < -0.3 is 0 Å². The zero-order valence-electron chi connectivity index (χ0n) is 9.68. The van der Waals surface area contributed by atoms with Crippen LogP contribution in [0.2, 0.25) is 10.2 Å². The van der Waals surface area contributed by atoms with Crippen LogP contribution in [0.3, 0.4) is 0 Å². The van der Waals surface area contributed by atoms with Crippen molar-refractivity contribution in [1.82, 2.24) is 9.71 Å². The molecule has 0 atom stereocenters. The Balaban J connectivity index is 2.16. The Morgan fingerprint density at radius 2 is 1.84 bits per heavy atom. The minimum absolute atomic E-state index is 0.0159. The van der Waals surface area contributed by atoms with Crippen LogP contribution in [0.1, 0.15) is 5.56 Å². The molecular formula is C12H10Cl2N2O2S. The fourth-order valence-electron chi connectivity index (χ4n) is 1.41. The van der Waals surface area contributed by atoms with Gasteiger partial charge in [-0.05, 0) is 11.6 Å². The van der Waals surface area contributed by atoms with E-state index in [0.29, 0.717) is 0 Å². The van der Waals surface area contributed by atoms with Gasteiger partial charge in [0, 0.05) is 12.7 Å². The quantitative estimate of drug-likeness (QED) is 0.882. The third-order valence-corrected chi connectivity index (χ3v) is 4.44. The molecular weight excluding hydrogens is 307 g/mol. The molecule has 0 bridgehead atoms. The highest BCUT2D eigenvalue weighted by Gasteiger charge is 2.15. The van der Waals surface area contributed by atoms with E-state index < -0.39 is 10.0 Å². The van der Waals surface area contributed by atoms with Crippen LogP contribution in [0.15, 0.2) is 47.5 Å². The maximum Gasteiger partial charge on any atom is 0.242 e. The molecule has 1 heterocycles. The maximum absolute atomic E-state index is 12.0. The van der Waals surface area contributed by atoms with Crippen LogP contribution < -0.4 is 4.72 Å². The predicted octanol–water partition coefficient (Wildman–Crippen LogP) is 2.87. The summed E-state index contributed by atoms with van der Waals surface area (Å²) in [6.45, 7) is 0.198. The molecule has 0 saturated heterocycles. The molecule has 0 saturated carbocycles. The van der Waals surface area contributed by atoms with Gasteiger partial charge in [-0.1, -0.05) is 53.5 Å². The Bertz CT molecular complexity index is 675. The predicted molar refractivity (Wildman–Crippen MR) is 74.7 cm³/mol. The van der Waals surface area contributed by atoms with Crippen molar-refractivity contribution in [3.8, 4) is 0 Å². The van der Waals surface area contributed by atoms with Crippen molar-refractivity contribution in [3.63, 3.8) is 0 Å². The van der Waals surface area contributed by atoms with E-state index in [4.69, 9.17) is 23.2 Å². The summed E-state index contributed by atoms with van der Waals surface area (Å²) in [6, 6.07) is 10.5. The molecule has 1 aromatic heterocycles. The average Bonchev–Trinajstić information content (AvgIpc) is 2.41. The third-order valence-electron chi connectivity index (χ3n) is 2.39. The molecule has 1 N–H and O–H groups in total. The van der Waals surface area contributed by atoms with Crippen LogP contribution in [0.5, 0.6) is 0 Å². The summed E-state index contributed by atoms with van der Waals surface area (Å²) < 4.78 is 26.5. The molecule has 4 nitrogen and oxygen atoms in total. The van der Waals surface area contributed by atoms with Gasteiger partial charge in [0.2, 0.25) is 10.0 Å². The lowest BCUT2D eigenvalue weighted by atomic mass is 10.2. The van der Waals surface area contributed by atoms with E-state index in [-0.39, 0.29) is 21.6 Å². The van der Waals surface area contributed by atoms with Gasteiger partial charge in [0.05, 0.1) is 5.02 Å². The van der Waals surface area contributed by atoms with Gasteiger partial charge in [-0.25, -0.2) is 18.1 Å². The van der Waals surface area contributed by atoms with Crippen molar-refractivity contribution in [2.75, 3.05) is 0 Å². The Hall–Kier alpha value is -1.14. The standard InChI is InChI=1S/C12H10Cl2N2O2S/c13-11-6-10(8-15-12(11)14)19(17,18)16-7-9-4-2-1-3-5-9/h1-6,8,16H,7H2. The minimum Gasteiger partial charge on any atom is -0.242 e. The van der Waals surface area contributed by atoms with E-state index in [9.17, 15) is 8.42 Å². The van der Waals surface area contributed by atoms with E-state index in [1.54, 1.807) is 0 Å². The van der Waals surface area contributed by atoms with Crippen LogP contribution >= 0.6 is 23.2 Å². The molecule has 0 radical (unpaired) electrons. The zero-order chi connectivity index (χ0) is 13.9. The summed E-state index contributed by atoms with van der Waals surface area (Å²) in [7, 11) is -3.65. The van der Waals surface area contributed by atoms with Gasteiger partial charge in [-0.15, -0.1) is 0 Å². The van der Waals surface area contributed by atoms with Gasteiger partial charge in [0.1, 0.15) is 10.0 Å². The van der Waals surface area contributed by atoms with Crippen LogP contribution in [0.4, 0.5) is 0 Å². The monoisotopic (exact) mass is 316 g/mol. The molecule has 0 aliphatic carbocycles. The number of nitrogens with zero attached hydrogens (tertiary/aromatic N) is 1. The number of aromatic nitrogens is 1. The molecule has 2 rings (SSSR count). The van der Waals surface area contributed by atoms with Gasteiger partial charge >= 0.3 is 0 Å². The Morgan fingerprint density at radius 3 is 2.47 bits per heavy atom. The summed E-state index contributed by atoms with van der Waals surface area (Å²) in [6.07, 6.45) is 1.17. The molecule has 0 aliphatic rings. The third kappa shape index (κ3) is 3.67. The molecule has 1 aromatic carbocycles. The smallest absolute Gasteiger partial charge is 0.242 e. The van der Waals surface area contributed by atoms with E-state index in [1.165, 1.54) is 12.3 Å². The first-order chi connectivity index (χ1) is 8.99. The van der Waals surface area contributed by atoms with Gasteiger partial charge in [-0.3, -0.25) is 0 Å². The summed E-state index contributed by atoms with van der Waals surface area (Å²) in [5, 5.41) is 0.174. The number of hydrogen-bond donors (Lipinski definition) is 1. The van der Waals surface area contributed by atoms with Crippen LogP contribution in [0, 0.1) is 0 Å². The van der Waals surface area contributed by atoms with Crippen molar-refractivity contribution in [2.45, 2.75) is 11.4 Å². The summed E-state index contributed by atoms with van der Waals surface area (Å²) in [4.78, 5) is 3.70. The van der Waals surface area contributed by atoms with Crippen molar-refractivity contribution in [3.05, 3.63) is 58.3 Å². The first kappa shape index (κ1) is 14.3. The van der Waals surface area contributed by atoms with Gasteiger partial charge in [0.25, 0.3) is 0 Å². The van der Waals surface area contributed by atoms with E-state index in [2.05, 4.69) is 9.71 Å². The molecule has 0 aliphatic heterocycles. The molecule has 0 unspecified atom stereocenters.